The molecule has 9 nitrogen and oxygen atoms in total. The lowest BCUT2D eigenvalue weighted by Gasteiger charge is -2.06. The number of benzene rings is 4. The summed E-state index contributed by atoms with van der Waals surface area (Å²) >= 11 is 11.7. The Hall–Kier alpha value is -4.60. The van der Waals surface area contributed by atoms with Gasteiger partial charge in [0.2, 0.25) is 0 Å². The maximum absolute atomic E-state index is 11.0. The highest BCUT2D eigenvalue weighted by Gasteiger charge is 2.12. The molecule has 0 aliphatic carbocycles. The molecule has 4 aromatic carbocycles. The van der Waals surface area contributed by atoms with Crippen LogP contribution in [0.2, 0.25) is 10.0 Å². The number of ether oxygens (including phenoxy) is 1. The van der Waals surface area contributed by atoms with E-state index < -0.39 is 9.85 Å². The molecule has 0 saturated carbocycles. The highest BCUT2D eigenvalue weighted by atomic mass is 35.5. The molecule has 0 radical (unpaired) electrons. The highest BCUT2D eigenvalue weighted by Crippen LogP contribution is 2.28. The lowest BCUT2D eigenvalue weighted by Crippen LogP contribution is -1.91. The monoisotopic (exact) mass is 534 g/mol. The molecule has 184 valence electrons. The van der Waals surface area contributed by atoms with Gasteiger partial charge in [-0.2, -0.15) is 0 Å². The molecule has 0 aliphatic rings. The molecule has 11 heteroatoms. The number of rotatable bonds is 8. The number of nitrogens with zero attached hydrogens (tertiary/aromatic N) is 4. The van der Waals surface area contributed by atoms with Gasteiger partial charge in [0.25, 0.3) is 11.4 Å². The van der Waals surface area contributed by atoms with Crippen LogP contribution in [-0.4, -0.2) is 22.3 Å². The van der Waals surface area contributed by atoms with E-state index in [9.17, 15) is 20.2 Å². The molecule has 0 amide bonds. The van der Waals surface area contributed by atoms with E-state index in [4.69, 9.17) is 27.9 Å². The van der Waals surface area contributed by atoms with Gasteiger partial charge in [-0.1, -0.05) is 35.3 Å². The third kappa shape index (κ3) is 6.75. The van der Waals surface area contributed by atoms with E-state index in [1.807, 2.05) is 0 Å². The molecular weight excluding hydrogens is 519 g/mol. The lowest BCUT2D eigenvalue weighted by atomic mass is 10.2. The smallest absolute Gasteiger partial charge is 0.288 e. The summed E-state index contributed by atoms with van der Waals surface area (Å²) in [5.74, 6) is 1.18. The van der Waals surface area contributed by atoms with Gasteiger partial charge in [0, 0.05) is 24.6 Å². The summed E-state index contributed by atoms with van der Waals surface area (Å²) < 4.78 is 5.84. The Labute approximate surface area is 220 Å². The summed E-state index contributed by atoms with van der Waals surface area (Å²) in [5.41, 5.74) is 2.01. The van der Waals surface area contributed by atoms with Crippen molar-refractivity contribution in [1.82, 2.24) is 0 Å². The van der Waals surface area contributed by atoms with E-state index in [0.29, 0.717) is 34.0 Å². The van der Waals surface area contributed by atoms with Crippen molar-refractivity contribution in [2.75, 3.05) is 0 Å². The molecule has 37 heavy (non-hydrogen) atoms. The number of halogens is 2. The van der Waals surface area contributed by atoms with Crippen LogP contribution in [0.1, 0.15) is 11.1 Å². The topological polar surface area (TPSA) is 120 Å². The lowest BCUT2D eigenvalue weighted by molar-refractivity contribution is -0.384. The van der Waals surface area contributed by atoms with E-state index in [2.05, 4.69) is 9.98 Å². The molecule has 4 aromatic rings. The molecule has 4 rings (SSSR count). The molecule has 0 heterocycles. The van der Waals surface area contributed by atoms with Crippen LogP contribution in [0.4, 0.5) is 22.7 Å². The van der Waals surface area contributed by atoms with E-state index in [1.165, 1.54) is 36.7 Å². The van der Waals surface area contributed by atoms with Crippen LogP contribution >= 0.6 is 23.2 Å². The summed E-state index contributed by atoms with van der Waals surface area (Å²) in [7, 11) is 0. The second-order valence-corrected chi connectivity index (χ2v) is 8.36. The number of nitro groups is 2. The van der Waals surface area contributed by atoms with Gasteiger partial charge >= 0.3 is 0 Å². The van der Waals surface area contributed by atoms with Gasteiger partial charge in [0.15, 0.2) is 0 Å². The summed E-state index contributed by atoms with van der Waals surface area (Å²) in [5, 5.41) is 22.2. The Balaban J connectivity index is 1.38. The maximum atomic E-state index is 11.0. The zero-order valence-corrected chi connectivity index (χ0v) is 20.3. The Morgan fingerprint density at radius 2 is 1.00 bits per heavy atom. The largest absolute Gasteiger partial charge is 0.457 e. The molecule has 0 bridgehead atoms. The summed E-state index contributed by atoms with van der Waals surface area (Å²) in [6.07, 6.45) is 3.03. The second kappa shape index (κ2) is 11.4. The van der Waals surface area contributed by atoms with Gasteiger partial charge in [-0.05, 0) is 71.8 Å². The maximum Gasteiger partial charge on any atom is 0.288 e. The highest BCUT2D eigenvalue weighted by molar-refractivity contribution is 6.33. The van der Waals surface area contributed by atoms with Gasteiger partial charge in [-0.25, -0.2) is 0 Å². The van der Waals surface area contributed by atoms with Crippen molar-refractivity contribution in [1.29, 1.82) is 0 Å². The van der Waals surface area contributed by atoms with Crippen molar-refractivity contribution in [2.45, 2.75) is 0 Å². The van der Waals surface area contributed by atoms with Crippen molar-refractivity contribution in [2.24, 2.45) is 9.98 Å². The summed E-state index contributed by atoms with van der Waals surface area (Å²) in [4.78, 5) is 29.6. The van der Waals surface area contributed by atoms with Crippen LogP contribution in [0.25, 0.3) is 0 Å². The molecule has 0 fully saturated rings. The number of aliphatic imine (C=N–C) groups is 2. The van der Waals surface area contributed by atoms with Gasteiger partial charge in [-0.3, -0.25) is 30.2 Å². The quantitative estimate of drug-likeness (QED) is 0.128. The van der Waals surface area contributed by atoms with Crippen molar-refractivity contribution < 1.29 is 14.6 Å². The Kier molecular flexibility index (Phi) is 7.87. The van der Waals surface area contributed by atoms with Gasteiger partial charge in [0.1, 0.15) is 21.5 Å². The fraction of sp³-hybridized carbons (Fsp3) is 0. The average Bonchev–Trinajstić information content (AvgIpc) is 2.89. The van der Waals surface area contributed by atoms with E-state index in [0.717, 1.165) is 0 Å². The van der Waals surface area contributed by atoms with Crippen LogP contribution in [0.5, 0.6) is 11.5 Å². The zero-order chi connectivity index (χ0) is 26.4. The standard InChI is InChI=1S/C26H16Cl2N4O5/c27-23-11-1-17(13-25(23)31(33)34)15-29-19-3-7-21(8-4-19)37-22-9-5-20(6-10-22)30-16-18-2-12-24(28)26(14-18)32(35)36/h1-16H. The molecular formula is C26H16Cl2N4O5. The molecule has 0 aromatic heterocycles. The molecule has 0 aliphatic heterocycles. The average molecular weight is 535 g/mol. The van der Waals surface area contributed by atoms with Crippen LogP contribution < -0.4 is 4.74 Å². The van der Waals surface area contributed by atoms with Crippen LogP contribution in [0.3, 0.4) is 0 Å². The van der Waals surface area contributed by atoms with Crippen molar-refractivity contribution in [3.63, 3.8) is 0 Å². The second-order valence-electron chi connectivity index (χ2n) is 7.54. The van der Waals surface area contributed by atoms with Crippen molar-refractivity contribution >= 4 is 58.4 Å². The molecule has 0 atom stereocenters. The van der Waals surface area contributed by atoms with E-state index >= 15 is 0 Å². The minimum Gasteiger partial charge on any atom is -0.457 e. The third-order valence-corrected chi connectivity index (χ3v) is 5.61. The molecule has 0 saturated heterocycles. The SMILES string of the molecule is O=[N+]([O-])c1cc(C=Nc2ccc(Oc3ccc(N=Cc4ccc(Cl)c([N+](=O)[O-])c4)cc3)cc2)ccc1Cl. The molecule has 0 N–H and O–H groups in total. The van der Waals surface area contributed by atoms with E-state index in [-0.39, 0.29) is 21.4 Å². The summed E-state index contributed by atoms with van der Waals surface area (Å²) in [6, 6.07) is 22.9. The van der Waals surface area contributed by atoms with Crippen LogP contribution in [0, 0.1) is 20.2 Å². The first-order chi connectivity index (χ1) is 17.8. The van der Waals surface area contributed by atoms with Crippen LogP contribution in [0.15, 0.2) is 94.9 Å². The Bertz CT molecular complexity index is 1410. The summed E-state index contributed by atoms with van der Waals surface area (Å²) in [6.45, 7) is 0. The third-order valence-electron chi connectivity index (χ3n) is 4.97. The fourth-order valence-electron chi connectivity index (χ4n) is 3.13. The zero-order valence-electron chi connectivity index (χ0n) is 18.8. The van der Waals surface area contributed by atoms with E-state index in [1.54, 1.807) is 60.7 Å². The van der Waals surface area contributed by atoms with Crippen LogP contribution in [-0.2, 0) is 0 Å². The predicted molar refractivity (Wildman–Crippen MR) is 144 cm³/mol. The predicted octanol–water partition coefficient (Wildman–Crippen LogP) is 8.10. The Morgan fingerprint density at radius 1 is 0.622 bits per heavy atom. The molecule has 0 unspecified atom stereocenters. The number of hydrogen-bond donors (Lipinski definition) is 0. The van der Waals surface area contributed by atoms with Gasteiger partial charge in [-0.15, -0.1) is 0 Å². The van der Waals surface area contributed by atoms with Gasteiger partial charge in [0.05, 0.1) is 21.2 Å². The first kappa shape index (κ1) is 25.5. The first-order valence-electron chi connectivity index (χ1n) is 10.6. The normalized spacial score (nSPS) is 11.2. The number of hydrogen-bond acceptors (Lipinski definition) is 7. The van der Waals surface area contributed by atoms with Crippen molar-refractivity contribution in [3.05, 3.63) is 126 Å². The van der Waals surface area contributed by atoms with Gasteiger partial charge < -0.3 is 4.74 Å². The molecule has 0 spiro atoms. The number of nitro benzene ring substituents is 2. The first-order valence-corrected chi connectivity index (χ1v) is 11.4. The fourth-order valence-corrected chi connectivity index (χ4v) is 3.51. The Morgan fingerprint density at radius 3 is 1.35 bits per heavy atom. The minimum absolute atomic E-state index is 0.0660. The van der Waals surface area contributed by atoms with Crippen molar-refractivity contribution in [3.8, 4) is 11.5 Å². The minimum atomic E-state index is -0.543.